The highest BCUT2D eigenvalue weighted by Crippen LogP contribution is 2.15. The summed E-state index contributed by atoms with van der Waals surface area (Å²) in [4.78, 5) is 2.57. The van der Waals surface area contributed by atoms with Crippen LogP contribution in [0.2, 0.25) is 0 Å². The van der Waals surface area contributed by atoms with E-state index < -0.39 is 0 Å². The van der Waals surface area contributed by atoms with Crippen molar-refractivity contribution in [1.82, 2.24) is 10.2 Å². The predicted molar refractivity (Wildman–Crippen MR) is 53.4 cm³/mol. The van der Waals surface area contributed by atoms with Crippen molar-refractivity contribution in [1.29, 1.82) is 0 Å². The maximum Gasteiger partial charge on any atom is 0.0193 e. The molecule has 0 amide bonds. The summed E-state index contributed by atoms with van der Waals surface area (Å²) in [5.41, 5.74) is 0.343. The zero-order chi connectivity index (χ0) is 9.19. The lowest BCUT2D eigenvalue weighted by Crippen LogP contribution is -2.56. The maximum absolute atomic E-state index is 3.53. The first-order valence-electron chi connectivity index (χ1n) is 5.02. The van der Waals surface area contributed by atoms with Crippen molar-refractivity contribution in [2.45, 2.75) is 45.7 Å². The first kappa shape index (κ1) is 10.0. The van der Waals surface area contributed by atoms with Crippen LogP contribution in [-0.4, -0.2) is 36.1 Å². The molecular weight excluding hydrogens is 148 g/mol. The van der Waals surface area contributed by atoms with E-state index in [0.717, 1.165) is 6.54 Å². The largest absolute Gasteiger partial charge is 0.311 e. The minimum absolute atomic E-state index is 0.343. The quantitative estimate of drug-likeness (QED) is 0.641. The lowest BCUT2D eigenvalue weighted by molar-refractivity contribution is 0.0947. The summed E-state index contributed by atoms with van der Waals surface area (Å²) in [6, 6.07) is 0.706. The van der Waals surface area contributed by atoms with E-state index in [-0.39, 0.29) is 0 Å². The molecule has 12 heavy (non-hydrogen) atoms. The summed E-state index contributed by atoms with van der Waals surface area (Å²) < 4.78 is 0. The van der Waals surface area contributed by atoms with Crippen molar-refractivity contribution < 1.29 is 0 Å². The lowest BCUT2D eigenvalue weighted by atomic mass is 10.0. The summed E-state index contributed by atoms with van der Waals surface area (Å²) in [6.45, 7) is 12.7. The van der Waals surface area contributed by atoms with E-state index in [1.54, 1.807) is 0 Å². The van der Waals surface area contributed by atoms with Gasteiger partial charge < -0.3 is 5.32 Å². The molecule has 72 valence electrons. The van der Waals surface area contributed by atoms with Gasteiger partial charge in [-0.1, -0.05) is 6.92 Å². The molecule has 0 radical (unpaired) electrons. The van der Waals surface area contributed by atoms with E-state index in [2.05, 4.69) is 37.9 Å². The van der Waals surface area contributed by atoms with Crippen LogP contribution in [0.3, 0.4) is 0 Å². The predicted octanol–water partition coefficient (Wildman–Crippen LogP) is 1.47. The van der Waals surface area contributed by atoms with Gasteiger partial charge in [0, 0.05) is 31.2 Å². The summed E-state index contributed by atoms with van der Waals surface area (Å²) in [5, 5.41) is 3.53. The van der Waals surface area contributed by atoms with E-state index >= 15 is 0 Å². The van der Waals surface area contributed by atoms with E-state index in [4.69, 9.17) is 0 Å². The molecule has 0 bridgehead atoms. The maximum atomic E-state index is 3.53. The molecule has 1 saturated heterocycles. The summed E-state index contributed by atoms with van der Waals surface area (Å²) in [6.07, 6.45) is 1.24. The highest BCUT2D eigenvalue weighted by atomic mass is 15.2. The number of nitrogens with one attached hydrogen (secondary N) is 1. The van der Waals surface area contributed by atoms with Gasteiger partial charge in [-0.15, -0.1) is 0 Å². The van der Waals surface area contributed by atoms with Gasteiger partial charge in [-0.2, -0.15) is 0 Å². The third-order valence-electron chi connectivity index (χ3n) is 2.70. The Morgan fingerprint density at radius 3 is 2.58 bits per heavy atom. The van der Waals surface area contributed by atoms with Gasteiger partial charge in [0.25, 0.3) is 0 Å². The van der Waals surface area contributed by atoms with Gasteiger partial charge in [-0.3, -0.25) is 4.90 Å². The molecule has 0 unspecified atom stereocenters. The van der Waals surface area contributed by atoms with E-state index in [9.17, 15) is 0 Å². The van der Waals surface area contributed by atoms with Crippen LogP contribution in [0.15, 0.2) is 0 Å². The Hall–Kier alpha value is -0.0800. The van der Waals surface area contributed by atoms with Crippen LogP contribution in [0.1, 0.15) is 34.1 Å². The van der Waals surface area contributed by atoms with Crippen LogP contribution in [0.4, 0.5) is 0 Å². The van der Waals surface area contributed by atoms with Crippen molar-refractivity contribution in [3.63, 3.8) is 0 Å². The smallest absolute Gasteiger partial charge is 0.0193 e. The SMILES string of the molecule is CC[C@H]1CN(C(C)(C)C)CCN1. The number of hydrogen-bond acceptors (Lipinski definition) is 2. The standard InChI is InChI=1S/C10H22N2/c1-5-9-8-12(7-6-11-9)10(2,3)4/h9,11H,5-8H2,1-4H3/t9-/m0/s1. The summed E-state index contributed by atoms with van der Waals surface area (Å²) in [5.74, 6) is 0. The highest BCUT2D eigenvalue weighted by Gasteiger charge is 2.26. The molecule has 0 spiro atoms. The summed E-state index contributed by atoms with van der Waals surface area (Å²) >= 11 is 0. The average Bonchev–Trinajstić information content (AvgIpc) is 2.03. The first-order chi connectivity index (χ1) is 5.54. The summed E-state index contributed by atoms with van der Waals surface area (Å²) in [7, 11) is 0. The molecule has 1 rings (SSSR count). The molecule has 1 aliphatic rings. The fraction of sp³-hybridized carbons (Fsp3) is 1.00. The molecule has 0 aromatic rings. The second-order valence-corrected chi connectivity index (χ2v) is 4.68. The second-order valence-electron chi connectivity index (χ2n) is 4.68. The number of nitrogens with zero attached hydrogens (tertiary/aromatic N) is 1. The van der Waals surface area contributed by atoms with Crippen LogP contribution in [0, 0.1) is 0 Å². The molecule has 0 aromatic heterocycles. The zero-order valence-corrected chi connectivity index (χ0v) is 8.85. The second kappa shape index (κ2) is 3.75. The van der Waals surface area contributed by atoms with Crippen LogP contribution >= 0.6 is 0 Å². The minimum Gasteiger partial charge on any atom is -0.311 e. The molecule has 0 aromatic carbocycles. The van der Waals surface area contributed by atoms with Gasteiger partial charge in [0.05, 0.1) is 0 Å². The topological polar surface area (TPSA) is 15.3 Å². The highest BCUT2D eigenvalue weighted by molar-refractivity contribution is 4.85. The molecular formula is C10H22N2. The van der Waals surface area contributed by atoms with Crippen LogP contribution in [-0.2, 0) is 0 Å². The third-order valence-corrected chi connectivity index (χ3v) is 2.70. The van der Waals surface area contributed by atoms with E-state index in [1.807, 2.05) is 0 Å². The molecule has 1 N–H and O–H groups in total. The number of rotatable bonds is 1. The van der Waals surface area contributed by atoms with Crippen LogP contribution < -0.4 is 5.32 Å². The molecule has 2 heteroatoms. The number of piperazine rings is 1. The third kappa shape index (κ3) is 2.46. The van der Waals surface area contributed by atoms with Crippen molar-refractivity contribution >= 4 is 0 Å². The fourth-order valence-corrected chi connectivity index (χ4v) is 1.71. The monoisotopic (exact) mass is 170 g/mol. The number of hydrogen-bond donors (Lipinski definition) is 1. The zero-order valence-electron chi connectivity index (χ0n) is 8.85. The molecule has 1 fully saturated rings. The molecule has 2 nitrogen and oxygen atoms in total. The minimum atomic E-state index is 0.343. The molecule has 0 saturated carbocycles. The van der Waals surface area contributed by atoms with Gasteiger partial charge in [0.15, 0.2) is 0 Å². The molecule has 1 aliphatic heterocycles. The lowest BCUT2D eigenvalue weighted by Gasteiger charge is -2.41. The van der Waals surface area contributed by atoms with Crippen molar-refractivity contribution in [3.05, 3.63) is 0 Å². The van der Waals surface area contributed by atoms with Crippen LogP contribution in [0.25, 0.3) is 0 Å². The van der Waals surface area contributed by atoms with Gasteiger partial charge >= 0.3 is 0 Å². The Morgan fingerprint density at radius 2 is 2.08 bits per heavy atom. The molecule has 1 atom stereocenters. The van der Waals surface area contributed by atoms with Crippen molar-refractivity contribution in [2.24, 2.45) is 0 Å². The Labute approximate surface area is 76.3 Å². The Balaban J connectivity index is 2.46. The van der Waals surface area contributed by atoms with E-state index in [1.165, 1.54) is 19.5 Å². The van der Waals surface area contributed by atoms with E-state index in [0.29, 0.717) is 11.6 Å². The van der Waals surface area contributed by atoms with Crippen molar-refractivity contribution in [2.75, 3.05) is 19.6 Å². The molecule has 1 heterocycles. The van der Waals surface area contributed by atoms with Crippen molar-refractivity contribution in [3.8, 4) is 0 Å². The van der Waals surface area contributed by atoms with Crippen LogP contribution in [0.5, 0.6) is 0 Å². The van der Waals surface area contributed by atoms with Gasteiger partial charge in [-0.25, -0.2) is 0 Å². The van der Waals surface area contributed by atoms with Gasteiger partial charge in [0.1, 0.15) is 0 Å². The van der Waals surface area contributed by atoms with Gasteiger partial charge in [-0.05, 0) is 27.2 Å². The first-order valence-corrected chi connectivity index (χ1v) is 5.02. The Kier molecular flexibility index (Phi) is 3.13. The fourth-order valence-electron chi connectivity index (χ4n) is 1.71. The molecule has 0 aliphatic carbocycles. The normalized spacial score (nSPS) is 27.5. The Morgan fingerprint density at radius 1 is 1.42 bits per heavy atom. The average molecular weight is 170 g/mol. The van der Waals surface area contributed by atoms with Gasteiger partial charge in [0.2, 0.25) is 0 Å². The Bertz CT molecular complexity index is 137.